The van der Waals surface area contributed by atoms with E-state index in [2.05, 4.69) is 33.9 Å². The van der Waals surface area contributed by atoms with Crippen LogP contribution in [-0.4, -0.2) is 33.9 Å². The summed E-state index contributed by atoms with van der Waals surface area (Å²) < 4.78 is 0. The van der Waals surface area contributed by atoms with Crippen LogP contribution in [0.25, 0.3) is 6.08 Å². The summed E-state index contributed by atoms with van der Waals surface area (Å²) >= 11 is 5.91. The number of aliphatic imine (C=N–C) groups is 1. The quantitative estimate of drug-likeness (QED) is 0.637. The van der Waals surface area contributed by atoms with Gasteiger partial charge in [-0.1, -0.05) is 31.4 Å². The van der Waals surface area contributed by atoms with Crippen molar-refractivity contribution in [3.05, 3.63) is 10.7 Å². The van der Waals surface area contributed by atoms with Gasteiger partial charge in [0.15, 0.2) is 5.82 Å². The van der Waals surface area contributed by atoms with E-state index >= 15 is 0 Å². The minimum absolute atomic E-state index is 0.0345. The van der Waals surface area contributed by atoms with Crippen molar-refractivity contribution in [2.24, 2.45) is 4.99 Å². The zero-order valence-corrected chi connectivity index (χ0v) is 14.1. The highest BCUT2D eigenvalue weighted by molar-refractivity contribution is 6.31. The average molecular weight is 326 g/mol. The van der Waals surface area contributed by atoms with Crippen LogP contribution in [0.15, 0.2) is 10.0 Å². The molecular formula is C15H24ClN5O. The molecule has 0 fully saturated rings. The number of halogens is 1. The Bertz CT molecular complexity index is 557. The third-order valence-corrected chi connectivity index (χ3v) is 3.38. The van der Waals surface area contributed by atoms with Gasteiger partial charge < -0.3 is 16.2 Å². The fraction of sp³-hybridized carbons (Fsp3) is 0.533. The Kier molecular flexibility index (Phi) is 6.77. The van der Waals surface area contributed by atoms with E-state index in [1.807, 2.05) is 6.92 Å². The van der Waals surface area contributed by atoms with Crippen LogP contribution < -0.4 is 11.1 Å². The van der Waals surface area contributed by atoms with Crippen LogP contribution in [0.5, 0.6) is 0 Å². The SMILES string of the molecule is C=Nc1c(/C=C(\C)Cl)nc(N)nc1N[C@@](C)(CO)CCCC. The van der Waals surface area contributed by atoms with Crippen LogP contribution >= 0.6 is 11.6 Å². The number of nitrogens with two attached hydrogens (primary N) is 1. The molecule has 6 nitrogen and oxygen atoms in total. The summed E-state index contributed by atoms with van der Waals surface area (Å²) in [5, 5.41) is 13.5. The number of allylic oxidation sites excluding steroid dienone is 1. The molecule has 0 bridgehead atoms. The minimum atomic E-state index is -0.521. The van der Waals surface area contributed by atoms with Crippen LogP contribution in [0.4, 0.5) is 17.5 Å². The summed E-state index contributed by atoms with van der Waals surface area (Å²) in [6.07, 6.45) is 4.46. The molecule has 7 heteroatoms. The molecular weight excluding hydrogens is 302 g/mol. The first-order valence-corrected chi connectivity index (χ1v) is 7.60. The largest absolute Gasteiger partial charge is 0.394 e. The summed E-state index contributed by atoms with van der Waals surface area (Å²) in [6, 6.07) is 0. The van der Waals surface area contributed by atoms with Gasteiger partial charge in [0.05, 0.1) is 17.8 Å². The molecule has 0 aliphatic rings. The molecule has 1 aromatic heterocycles. The van der Waals surface area contributed by atoms with Gasteiger partial charge in [0, 0.05) is 5.03 Å². The Morgan fingerprint density at radius 3 is 2.73 bits per heavy atom. The predicted octanol–water partition coefficient (Wildman–Crippen LogP) is 3.34. The number of hydrogen-bond acceptors (Lipinski definition) is 6. The molecule has 0 aliphatic heterocycles. The van der Waals surface area contributed by atoms with Gasteiger partial charge >= 0.3 is 0 Å². The minimum Gasteiger partial charge on any atom is -0.394 e. The van der Waals surface area contributed by atoms with Crippen molar-refractivity contribution in [3.63, 3.8) is 0 Å². The number of nitrogens with zero attached hydrogens (tertiary/aromatic N) is 3. The lowest BCUT2D eigenvalue weighted by atomic mass is 9.96. The Morgan fingerprint density at radius 2 is 2.23 bits per heavy atom. The van der Waals surface area contributed by atoms with Gasteiger partial charge in [-0.2, -0.15) is 4.98 Å². The lowest BCUT2D eigenvalue weighted by molar-refractivity contribution is 0.212. The molecule has 1 atom stereocenters. The third-order valence-electron chi connectivity index (χ3n) is 3.27. The van der Waals surface area contributed by atoms with E-state index in [-0.39, 0.29) is 12.6 Å². The van der Waals surface area contributed by atoms with E-state index in [0.29, 0.717) is 22.2 Å². The summed E-state index contributed by atoms with van der Waals surface area (Å²) in [4.78, 5) is 12.3. The van der Waals surface area contributed by atoms with Crippen LogP contribution in [0.2, 0.25) is 0 Å². The molecule has 0 saturated carbocycles. The molecule has 0 saturated heterocycles. The first-order chi connectivity index (χ1) is 10.3. The van der Waals surface area contributed by atoms with E-state index in [9.17, 15) is 5.11 Å². The van der Waals surface area contributed by atoms with Gasteiger partial charge in [-0.15, -0.1) is 0 Å². The number of nitrogen functional groups attached to an aromatic ring is 1. The fourth-order valence-corrected chi connectivity index (χ4v) is 2.16. The maximum absolute atomic E-state index is 9.70. The predicted molar refractivity (Wildman–Crippen MR) is 93.8 cm³/mol. The van der Waals surface area contributed by atoms with E-state index < -0.39 is 5.54 Å². The number of aromatic nitrogens is 2. The lowest BCUT2D eigenvalue weighted by Gasteiger charge is -2.30. The van der Waals surface area contributed by atoms with Gasteiger partial charge in [0.2, 0.25) is 5.95 Å². The van der Waals surface area contributed by atoms with Crippen molar-refractivity contribution >= 4 is 41.8 Å². The molecule has 0 unspecified atom stereocenters. The standard InChI is InChI=1S/C15H24ClN5O/c1-5-6-7-15(3,9-22)21-13-12(18-4)11(8-10(2)16)19-14(17)20-13/h8,22H,4-7,9H2,1-3H3,(H3,17,19,20,21)/b10-8+/t15-/m1/s1. The van der Waals surface area contributed by atoms with E-state index in [4.69, 9.17) is 17.3 Å². The molecule has 22 heavy (non-hydrogen) atoms. The highest BCUT2D eigenvalue weighted by Crippen LogP contribution is 2.32. The first kappa shape index (κ1) is 18.4. The molecule has 0 aliphatic carbocycles. The van der Waals surface area contributed by atoms with Crippen molar-refractivity contribution in [1.29, 1.82) is 0 Å². The Labute approximate surface area is 136 Å². The fourth-order valence-electron chi connectivity index (χ4n) is 2.06. The van der Waals surface area contributed by atoms with Crippen molar-refractivity contribution in [2.75, 3.05) is 17.7 Å². The number of anilines is 2. The topological polar surface area (TPSA) is 96.4 Å². The van der Waals surface area contributed by atoms with Gasteiger partial charge in [0.25, 0.3) is 0 Å². The molecule has 1 aromatic rings. The number of aliphatic hydroxyl groups is 1. The number of rotatable bonds is 8. The van der Waals surface area contributed by atoms with E-state index in [1.165, 1.54) is 0 Å². The Balaban J connectivity index is 3.25. The summed E-state index contributed by atoms with van der Waals surface area (Å²) in [5.41, 5.74) is 6.20. The third kappa shape index (κ3) is 4.96. The zero-order chi connectivity index (χ0) is 16.8. The highest BCUT2D eigenvalue weighted by atomic mass is 35.5. The molecule has 0 amide bonds. The molecule has 0 aromatic carbocycles. The summed E-state index contributed by atoms with van der Waals surface area (Å²) in [5.74, 6) is 0.550. The smallest absolute Gasteiger partial charge is 0.222 e. The van der Waals surface area contributed by atoms with Crippen LogP contribution in [-0.2, 0) is 0 Å². The normalized spacial score (nSPS) is 14.5. The molecule has 0 radical (unpaired) electrons. The Hall–Kier alpha value is -1.66. The van der Waals surface area contributed by atoms with Gasteiger partial charge in [-0.05, 0) is 33.1 Å². The van der Waals surface area contributed by atoms with Crippen molar-refractivity contribution in [3.8, 4) is 0 Å². The maximum atomic E-state index is 9.70. The lowest BCUT2D eigenvalue weighted by Crippen LogP contribution is -2.39. The van der Waals surface area contributed by atoms with Crippen LogP contribution in [0.3, 0.4) is 0 Å². The van der Waals surface area contributed by atoms with Gasteiger partial charge in [0.1, 0.15) is 5.69 Å². The number of nitrogens with one attached hydrogen (secondary N) is 1. The molecule has 0 spiro atoms. The van der Waals surface area contributed by atoms with E-state index in [1.54, 1.807) is 13.0 Å². The first-order valence-electron chi connectivity index (χ1n) is 7.22. The molecule has 122 valence electrons. The monoisotopic (exact) mass is 325 g/mol. The van der Waals surface area contributed by atoms with E-state index in [0.717, 1.165) is 19.3 Å². The second kappa shape index (κ2) is 8.10. The number of aliphatic hydroxyl groups excluding tert-OH is 1. The maximum Gasteiger partial charge on any atom is 0.222 e. The number of unbranched alkanes of at least 4 members (excludes halogenated alkanes) is 1. The summed E-state index contributed by atoms with van der Waals surface area (Å²) in [6.45, 7) is 9.29. The van der Waals surface area contributed by atoms with Crippen molar-refractivity contribution in [2.45, 2.75) is 45.6 Å². The second-order valence-electron chi connectivity index (χ2n) is 5.50. The van der Waals surface area contributed by atoms with Gasteiger partial charge in [-0.3, -0.25) is 4.99 Å². The highest BCUT2D eigenvalue weighted by Gasteiger charge is 2.25. The Morgan fingerprint density at radius 1 is 1.55 bits per heavy atom. The second-order valence-corrected chi connectivity index (χ2v) is 6.10. The molecule has 4 N–H and O–H groups in total. The average Bonchev–Trinajstić information content (AvgIpc) is 2.44. The molecule has 1 heterocycles. The van der Waals surface area contributed by atoms with Crippen molar-refractivity contribution < 1.29 is 5.11 Å². The van der Waals surface area contributed by atoms with Crippen LogP contribution in [0, 0.1) is 0 Å². The molecule has 1 rings (SSSR count). The summed E-state index contributed by atoms with van der Waals surface area (Å²) in [7, 11) is 0. The number of hydrogen-bond donors (Lipinski definition) is 3. The van der Waals surface area contributed by atoms with Crippen LogP contribution in [0.1, 0.15) is 45.7 Å². The van der Waals surface area contributed by atoms with Gasteiger partial charge in [-0.25, -0.2) is 4.98 Å². The van der Waals surface area contributed by atoms with Crippen molar-refractivity contribution in [1.82, 2.24) is 9.97 Å². The zero-order valence-electron chi connectivity index (χ0n) is 13.4.